The van der Waals surface area contributed by atoms with Gasteiger partial charge in [0.05, 0.1) is 12.2 Å². The smallest absolute Gasteiger partial charge is 0.0808 e. The molecular formula is C17H27NO. The lowest BCUT2D eigenvalue weighted by Gasteiger charge is -2.31. The van der Waals surface area contributed by atoms with Gasteiger partial charge < -0.3 is 10.5 Å². The van der Waals surface area contributed by atoms with E-state index in [0.29, 0.717) is 13.2 Å². The highest BCUT2D eigenvalue weighted by Crippen LogP contribution is 2.30. The van der Waals surface area contributed by atoms with Crippen LogP contribution in [0, 0.1) is 13.8 Å². The van der Waals surface area contributed by atoms with Crippen molar-refractivity contribution in [2.24, 2.45) is 5.73 Å². The lowest BCUT2D eigenvalue weighted by Crippen LogP contribution is -2.40. The van der Waals surface area contributed by atoms with E-state index in [4.69, 9.17) is 10.5 Å². The molecule has 1 aliphatic rings. The first-order valence-corrected chi connectivity index (χ1v) is 7.55. The minimum Gasteiger partial charge on any atom is -0.369 e. The second-order valence-electron chi connectivity index (χ2n) is 6.01. The van der Waals surface area contributed by atoms with Gasteiger partial charge in [-0.2, -0.15) is 0 Å². The van der Waals surface area contributed by atoms with E-state index in [-0.39, 0.29) is 5.60 Å². The summed E-state index contributed by atoms with van der Waals surface area (Å²) in [4.78, 5) is 0. The summed E-state index contributed by atoms with van der Waals surface area (Å²) in [6.07, 6.45) is 7.40. The minimum absolute atomic E-state index is 0.0741. The Bertz CT molecular complexity index is 406. The molecule has 2 nitrogen and oxygen atoms in total. The molecule has 0 aliphatic heterocycles. The fourth-order valence-corrected chi connectivity index (χ4v) is 2.91. The van der Waals surface area contributed by atoms with Crippen LogP contribution in [0.3, 0.4) is 0 Å². The van der Waals surface area contributed by atoms with Crippen LogP contribution in [-0.4, -0.2) is 12.1 Å². The van der Waals surface area contributed by atoms with Gasteiger partial charge in [0.1, 0.15) is 0 Å². The van der Waals surface area contributed by atoms with Gasteiger partial charge in [-0.1, -0.05) is 43.9 Å². The molecule has 0 aromatic heterocycles. The molecule has 0 spiro atoms. The first-order chi connectivity index (χ1) is 9.15. The van der Waals surface area contributed by atoms with Gasteiger partial charge in [-0.25, -0.2) is 0 Å². The third-order valence-corrected chi connectivity index (χ3v) is 4.50. The molecule has 0 heterocycles. The summed E-state index contributed by atoms with van der Waals surface area (Å²) in [5.41, 5.74) is 9.87. The van der Waals surface area contributed by atoms with Crippen molar-refractivity contribution in [3.8, 4) is 0 Å². The van der Waals surface area contributed by atoms with E-state index >= 15 is 0 Å². The van der Waals surface area contributed by atoms with Gasteiger partial charge >= 0.3 is 0 Å². The standard InChI is InChI=1S/C17H27NO/c1-14-7-8-16(11-15(14)2)12-19-17(13-18)9-5-3-4-6-10-17/h7-8,11H,3-6,9-10,12-13,18H2,1-2H3. The van der Waals surface area contributed by atoms with E-state index in [2.05, 4.69) is 32.0 Å². The average molecular weight is 261 g/mol. The summed E-state index contributed by atoms with van der Waals surface area (Å²) >= 11 is 0. The van der Waals surface area contributed by atoms with Crippen LogP contribution in [0.15, 0.2) is 18.2 Å². The molecule has 2 N–H and O–H groups in total. The SMILES string of the molecule is Cc1ccc(COC2(CN)CCCCCC2)cc1C. The molecule has 1 saturated carbocycles. The van der Waals surface area contributed by atoms with E-state index in [1.165, 1.54) is 42.4 Å². The van der Waals surface area contributed by atoms with Crippen LogP contribution < -0.4 is 5.73 Å². The van der Waals surface area contributed by atoms with E-state index in [1.807, 2.05) is 0 Å². The zero-order valence-electron chi connectivity index (χ0n) is 12.4. The molecule has 2 rings (SSSR count). The number of hydrogen-bond donors (Lipinski definition) is 1. The number of hydrogen-bond acceptors (Lipinski definition) is 2. The Balaban J connectivity index is 2.00. The molecule has 0 bridgehead atoms. The molecule has 0 unspecified atom stereocenters. The molecule has 0 atom stereocenters. The van der Waals surface area contributed by atoms with Crippen LogP contribution in [0.4, 0.5) is 0 Å². The van der Waals surface area contributed by atoms with Gasteiger partial charge in [-0.05, 0) is 43.4 Å². The second kappa shape index (κ2) is 6.53. The summed E-state index contributed by atoms with van der Waals surface area (Å²) in [6.45, 7) is 5.64. The zero-order valence-corrected chi connectivity index (χ0v) is 12.4. The molecule has 1 aromatic carbocycles. The summed E-state index contributed by atoms with van der Waals surface area (Å²) in [5.74, 6) is 0. The number of ether oxygens (including phenoxy) is 1. The summed E-state index contributed by atoms with van der Waals surface area (Å²) < 4.78 is 6.26. The topological polar surface area (TPSA) is 35.2 Å². The highest BCUT2D eigenvalue weighted by Gasteiger charge is 2.30. The predicted octanol–water partition coefficient (Wildman–Crippen LogP) is 3.87. The van der Waals surface area contributed by atoms with Crippen molar-refractivity contribution in [3.05, 3.63) is 34.9 Å². The lowest BCUT2D eigenvalue weighted by molar-refractivity contribution is -0.0602. The van der Waals surface area contributed by atoms with Gasteiger partial charge in [-0.15, -0.1) is 0 Å². The Morgan fingerprint density at radius 1 is 1.05 bits per heavy atom. The Kier molecular flexibility index (Phi) is 5.00. The van der Waals surface area contributed by atoms with Crippen molar-refractivity contribution in [2.75, 3.05) is 6.54 Å². The van der Waals surface area contributed by atoms with E-state index in [9.17, 15) is 0 Å². The van der Waals surface area contributed by atoms with Gasteiger partial charge in [-0.3, -0.25) is 0 Å². The van der Waals surface area contributed by atoms with Gasteiger partial charge in [0.2, 0.25) is 0 Å². The van der Waals surface area contributed by atoms with Crippen LogP contribution in [0.25, 0.3) is 0 Å². The Hall–Kier alpha value is -0.860. The lowest BCUT2D eigenvalue weighted by atomic mass is 9.94. The molecule has 106 valence electrons. The van der Waals surface area contributed by atoms with Crippen LogP contribution in [0.2, 0.25) is 0 Å². The van der Waals surface area contributed by atoms with Crippen LogP contribution >= 0.6 is 0 Å². The van der Waals surface area contributed by atoms with Crippen molar-refractivity contribution in [2.45, 2.75) is 64.6 Å². The Morgan fingerprint density at radius 2 is 1.74 bits per heavy atom. The first kappa shape index (κ1) is 14.5. The third-order valence-electron chi connectivity index (χ3n) is 4.50. The molecule has 1 aromatic rings. The van der Waals surface area contributed by atoms with Gasteiger partial charge in [0.15, 0.2) is 0 Å². The highest BCUT2D eigenvalue weighted by atomic mass is 16.5. The molecule has 0 amide bonds. The maximum absolute atomic E-state index is 6.26. The van der Waals surface area contributed by atoms with Crippen molar-refractivity contribution in [1.82, 2.24) is 0 Å². The van der Waals surface area contributed by atoms with E-state index < -0.39 is 0 Å². The zero-order chi connectivity index (χ0) is 13.7. The molecule has 1 aliphatic carbocycles. The summed E-state index contributed by atoms with van der Waals surface area (Å²) in [5, 5.41) is 0. The number of aryl methyl sites for hydroxylation is 2. The molecule has 19 heavy (non-hydrogen) atoms. The van der Waals surface area contributed by atoms with Gasteiger partial charge in [0, 0.05) is 6.54 Å². The van der Waals surface area contributed by atoms with Crippen LogP contribution in [0.1, 0.15) is 55.2 Å². The van der Waals surface area contributed by atoms with Crippen LogP contribution in [-0.2, 0) is 11.3 Å². The minimum atomic E-state index is -0.0741. The predicted molar refractivity (Wildman–Crippen MR) is 80.2 cm³/mol. The molecular weight excluding hydrogens is 234 g/mol. The molecule has 0 radical (unpaired) electrons. The maximum atomic E-state index is 6.26. The third kappa shape index (κ3) is 3.80. The van der Waals surface area contributed by atoms with Gasteiger partial charge in [0.25, 0.3) is 0 Å². The second-order valence-corrected chi connectivity index (χ2v) is 6.01. The highest BCUT2D eigenvalue weighted by molar-refractivity contribution is 5.29. The fraction of sp³-hybridized carbons (Fsp3) is 0.647. The average Bonchev–Trinajstić information content (AvgIpc) is 2.66. The molecule has 0 saturated heterocycles. The maximum Gasteiger partial charge on any atom is 0.0808 e. The van der Waals surface area contributed by atoms with Crippen molar-refractivity contribution in [1.29, 1.82) is 0 Å². The quantitative estimate of drug-likeness (QED) is 0.835. The molecule has 2 heteroatoms. The van der Waals surface area contributed by atoms with E-state index in [1.54, 1.807) is 0 Å². The fourth-order valence-electron chi connectivity index (χ4n) is 2.91. The largest absolute Gasteiger partial charge is 0.369 e. The van der Waals surface area contributed by atoms with Crippen molar-refractivity contribution in [3.63, 3.8) is 0 Å². The molecule has 1 fully saturated rings. The Morgan fingerprint density at radius 3 is 2.32 bits per heavy atom. The van der Waals surface area contributed by atoms with Crippen molar-refractivity contribution >= 4 is 0 Å². The van der Waals surface area contributed by atoms with Crippen molar-refractivity contribution < 1.29 is 4.74 Å². The first-order valence-electron chi connectivity index (χ1n) is 7.55. The summed E-state index contributed by atoms with van der Waals surface area (Å²) in [7, 11) is 0. The monoisotopic (exact) mass is 261 g/mol. The van der Waals surface area contributed by atoms with Crippen LogP contribution in [0.5, 0.6) is 0 Å². The number of benzene rings is 1. The summed E-state index contributed by atoms with van der Waals surface area (Å²) in [6, 6.07) is 6.58. The van der Waals surface area contributed by atoms with E-state index in [0.717, 1.165) is 12.8 Å². The number of nitrogens with two attached hydrogens (primary N) is 1. The number of rotatable bonds is 4. The Labute approximate surface area is 117 Å². The normalized spacial score (nSPS) is 19.1.